The van der Waals surface area contributed by atoms with Crippen LogP contribution in [0.15, 0.2) is 24.3 Å². The molecule has 1 aromatic carbocycles. The van der Waals surface area contributed by atoms with Crippen molar-refractivity contribution in [2.45, 2.75) is 19.4 Å². The van der Waals surface area contributed by atoms with Crippen LogP contribution in [-0.4, -0.2) is 31.5 Å². The molecule has 0 radical (unpaired) electrons. The molecule has 1 fully saturated rings. The zero-order valence-electron chi connectivity index (χ0n) is 10.5. The van der Waals surface area contributed by atoms with E-state index in [4.69, 9.17) is 4.74 Å². The Balaban J connectivity index is 2.38. The van der Waals surface area contributed by atoms with Crippen LogP contribution in [0.25, 0.3) is 0 Å². The highest BCUT2D eigenvalue weighted by Crippen LogP contribution is 2.25. The highest BCUT2D eigenvalue weighted by atomic mass is 16.5. The maximum Gasteiger partial charge on any atom is 0.247 e. The molecule has 0 saturated carbocycles. The molecule has 5 heteroatoms. The van der Waals surface area contributed by atoms with E-state index < -0.39 is 6.04 Å². The first-order valence-corrected chi connectivity index (χ1v) is 5.91. The minimum absolute atomic E-state index is 0.0482. The second-order valence-corrected chi connectivity index (χ2v) is 4.11. The van der Waals surface area contributed by atoms with E-state index in [1.54, 1.807) is 30.2 Å². The number of benzene rings is 1. The molecule has 0 spiro atoms. The molecule has 18 heavy (non-hydrogen) atoms. The number of nitrogens with one attached hydrogen (secondary N) is 1. The third-order valence-corrected chi connectivity index (χ3v) is 3.02. The standard InChI is InChI=1S/C13H16N2O3/c1-3-11-13(17)14-8-12(16)15(11)9-5-4-6-10(7-9)18-2/h4-7,11H,3,8H2,1-2H3,(H,14,17). The second-order valence-electron chi connectivity index (χ2n) is 4.11. The fourth-order valence-electron chi connectivity index (χ4n) is 2.11. The van der Waals surface area contributed by atoms with Crippen molar-refractivity contribution < 1.29 is 14.3 Å². The summed E-state index contributed by atoms with van der Waals surface area (Å²) in [6, 6.07) is 6.74. The number of nitrogens with zero attached hydrogens (tertiary/aromatic N) is 1. The summed E-state index contributed by atoms with van der Waals surface area (Å²) in [7, 11) is 1.57. The summed E-state index contributed by atoms with van der Waals surface area (Å²) in [5.74, 6) is 0.454. The fourth-order valence-corrected chi connectivity index (χ4v) is 2.11. The van der Waals surface area contributed by atoms with Gasteiger partial charge in [0.1, 0.15) is 11.8 Å². The molecule has 1 unspecified atom stereocenters. The zero-order valence-corrected chi connectivity index (χ0v) is 10.5. The van der Waals surface area contributed by atoms with Crippen LogP contribution in [0.5, 0.6) is 5.75 Å². The number of methoxy groups -OCH3 is 1. The van der Waals surface area contributed by atoms with E-state index in [-0.39, 0.29) is 18.4 Å². The van der Waals surface area contributed by atoms with Crippen molar-refractivity contribution >= 4 is 17.5 Å². The monoisotopic (exact) mass is 248 g/mol. The summed E-state index contributed by atoms with van der Waals surface area (Å²) in [5.41, 5.74) is 0.695. The van der Waals surface area contributed by atoms with E-state index >= 15 is 0 Å². The summed E-state index contributed by atoms with van der Waals surface area (Å²) in [6.45, 7) is 1.93. The third-order valence-electron chi connectivity index (χ3n) is 3.02. The molecule has 96 valence electrons. The molecule has 1 N–H and O–H groups in total. The number of carbonyl (C=O) groups is 2. The van der Waals surface area contributed by atoms with Gasteiger partial charge in [-0.25, -0.2) is 0 Å². The predicted octanol–water partition coefficient (Wildman–Crippen LogP) is 0.937. The van der Waals surface area contributed by atoms with E-state index in [0.717, 1.165) is 0 Å². The predicted molar refractivity (Wildman–Crippen MR) is 67.6 cm³/mol. The van der Waals surface area contributed by atoms with Gasteiger partial charge in [-0.05, 0) is 18.6 Å². The Labute approximate surface area is 106 Å². The SMILES string of the molecule is CCC1C(=O)NCC(=O)N1c1cccc(OC)c1. The quantitative estimate of drug-likeness (QED) is 0.866. The van der Waals surface area contributed by atoms with Gasteiger partial charge in [0.2, 0.25) is 11.8 Å². The van der Waals surface area contributed by atoms with Gasteiger partial charge in [-0.2, -0.15) is 0 Å². The van der Waals surface area contributed by atoms with E-state index in [9.17, 15) is 9.59 Å². The molecule has 1 atom stereocenters. The molecule has 1 aromatic rings. The van der Waals surface area contributed by atoms with Crippen LogP contribution in [0.2, 0.25) is 0 Å². The molecular formula is C13H16N2O3. The number of anilines is 1. The van der Waals surface area contributed by atoms with Crippen LogP contribution in [0.1, 0.15) is 13.3 Å². The van der Waals surface area contributed by atoms with Crippen molar-refractivity contribution in [1.82, 2.24) is 5.32 Å². The van der Waals surface area contributed by atoms with Crippen LogP contribution >= 0.6 is 0 Å². The Bertz CT molecular complexity index is 473. The zero-order chi connectivity index (χ0) is 13.1. The molecular weight excluding hydrogens is 232 g/mol. The lowest BCUT2D eigenvalue weighted by molar-refractivity contribution is -0.131. The molecule has 1 saturated heterocycles. The highest BCUT2D eigenvalue weighted by molar-refractivity contribution is 6.06. The maximum atomic E-state index is 12.0. The Morgan fingerprint density at radius 1 is 1.44 bits per heavy atom. The molecule has 2 amide bonds. The summed E-state index contributed by atoms with van der Waals surface area (Å²) in [4.78, 5) is 25.3. The van der Waals surface area contributed by atoms with Crippen LogP contribution in [-0.2, 0) is 9.59 Å². The van der Waals surface area contributed by atoms with Gasteiger partial charge < -0.3 is 10.1 Å². The van der Waals surface area contributed by atoms with E-state index in [1.165, 1.54) is 0 Å². The van der Waals surface area contributed by atoms with Gasteiger partial charge in [-0.3, -0.25) is 14.5 Å². The lowest BCUT2D eigenvalue weighted by atomic mass is 10.1. The lowest BCUT2D eigenvalue weighted by Gasteiger charge is -2.34. The van der Waals surface area contributed by atoms with Gasteiger partial charge in [0.15, 0.2) is 0 Å². The van der Waals surface area contributed by atoms with Gasteiger partial charge in [0, 0.05) is 11.8 Å². The van der Waals surface area contributed by atoms with Gasteiger partial charge in [0.05, 0.1) is 13.7 Å². The normalized spacial score (nSPS) is 19.7. The molecule has 0 aliphatic carbocycles. The van der Waals surface area contributed by atoms with Crippen molar-refractivity contribution in [3.63, 3.8) is 0 Å². The Hall–Kier alpha value is -2.04. The number of ether oxygens (including phenoxy) is 1. The van der Waals surface area contributed by atoms with Crippen LogP contribution in [0.3, 0.4) is 0 Å². The average Bonchev–Trinajstić information content (AvgIpc) is 2.41. The number of rotatable bonds is 3. The van der Waals surface area contributed by atoms with Crippen LogP contribution < -0.4 is 15.0 Å². The number of hydrogen-bond acceptors (Lipinski definition) is 3. The average molecular weight is 248 g/mol. The topological polar surface area (TPSA) is 58.6 Å². The van der Waals surface area contributed by atoms with Crippen molar-refractivity contribution in [3.05, 3.63) is 24.3 Å². The summed E-state index contributed by atoms with van der Waals surface area (Å²) < 4.78 is 5.14. The number of carbonyl (C=O) groups excluding carboxylic acids is 2. The van der Waals surface area contributed by atoms with Gasteiger partial charge in [-0.15, -0.1) is 0 Å². The Morgan fingerprint density at radius 2 is 2.22 bits per heavy atom. The third kappa shape index (κ3) is 2.16. The van der Waals surface area contributed by atoms with E-state index in [2.05, 4.69) is 5.32 Å². The first-order chi connectivity index (χ1) is 8.67. The number of piperazine rings is 1. The fraction of sp³-hybridized carbons (Fsp3) is 0.385. The Kier molecular flexibility index (Phi) is 3.50. The molecule has 2 rings (SSSR count). The molecule has 5 nitrogen and oxygen atoms in total. The van der Waals surface area contributed by atoms with Gasteiger partial charge >= 0.3 is 0 Å². The van der Waals surface area contributed by atoms with Gasteiger partial charge in [0.25, 0.3) is 0 Å². The highest BCUT2D eigenvalue weighted by Gasteiger charge is 2.34. The largest absolute Gasteiger partial charge is 0.497 e. The minimum atomic E-state index is -0.446. The molecule has 1 aliphatic rings. The smallest absolute Gasteiger partial charge is 0.247 e. The number of hydrogen-bond donors (Lipinski definition) is 1. The van der Waals surface area contributed by atoms with Crippen LogP contribution in [0.4, 0.5) is 5.69 Å². The van der Waals surface area contributed by atoms with Gasteiger partial charge in [-0.1, -0.05) is 13.0 Å². The maximum absolute atomic E-state index is 12.0. The van der Waals surface area contributed by atoms with Crippen LogP contribution in [0, 0.1) is 0 Å². The second kappa shape index (κ2) is 5.08. The number of amides is 2. The summed E-state index contributed by atoms with van der Waals surface area (Å²) >= 11 is 0. The summed E-state index contributed by atoms with van der Waals surface area (Å²) in [5, 5.41) is 2.60. The first-order valence-electron chi connectivity index (χ1n) is 5.91. The molecule has 0 aromatic heterocycles. The summed E-state index contributed by atoms with van der Waals surface area (Å²) in [6.07, 6.45) is 0.578. The molecule has 1 aliphatic heterocycles. The van der Waals surface area contributed by atoms with Crippen molar-refractivity contribution in [3.8, 4) is 5.75 Å². The van der Waals surface area contributed by atoms with E-state index in [0.29, 0.717) is 17.9 Å². The molecule has 1 heterocycles. The molecule has 0 bridgehead atoms. The Morgan fingerprint density at radius 3 is 2.89 bits per heavy atom. The van der Waals surface area contributed by atoms with E-state index in [1.807, 2.05) is 13.0 Å². The van der Waals surface area contributed by atoms with Crippen molar-refractivity contribution in [2.24, 2.45) is 0 Å². The first kappa shape index (κ1) is 12.4. The minimum Gasteiger partial charge on any atom is -0.497 e. The van der Waals surface area contributed by atoms with Crippen molar-refractivity contribution in [1.29, 1.82) is 0 Å². The van der Waals surface area contributed by atoms with Crippen molar-refractivity contribution in [2.75, 3.05) is 18.6 Å². The lowest BCUT2D eigenvalue weighted by Crippen LogP contribution is -2.58.